The average Bonchev–Trinajstić information content (AvgIpc) is 2.13. The van der Waals surface area contributed by atoms with Crippen molar-refractivity contribution in [3.63, 3.8) is 0 Å². The van der Waals surface area contributed by atoms with Crippen molar-refractivity contribution >= 4 is 11.9 Å². The predicted octanol–water partition coefficient (Wildman–Crippen LogP) is -0.724. The number of hydrogen-bond acceptors (Lipinski definition) is 4. The first kappa shape index (κ1) is 13.9. The van der Waals surface area contributed by atoms with Crippen LogP contribution in [0.5, 0.6) is 0 Å². The highest BCUT2D eigenvalue weighted by Gasteiger charge is 2.10. The minimum Gasteiger partial charge on any atom is -0.395 e. The van der Waals surface area contributed by atoms with E-state index in [1.54, 1.807) is 4.90 Å². The van der Waals surface area contributed by atoms with Gasteiger partial charge in [-0.05, 0) is 13.0 Å². The van der Waals surface area contributed by atoms with Crippen LogP contribution in [0.3, 0.4) is 0 Å². The number of primary amides is 1. The van der Waals surface area contributed by atoms with Crippen LogP contribution in [0.2, 0.25) is 0 Å². The second-order valence-corrected chi connectivity index (χ2v) is 3.27. The van der Waals surface area contributed by atoms with Gasteiger partial charge in [0.1, 0.15) is 0 Å². The lowest BCUT2D eigenvalue weighted by Gasteiger charge is -2.19. The zero-order chi connectivity index (χ0) is 11.7. The van der Waals surface area contributed by atoms with E-state index in [2.05, 4.69) is 0 Å². The number of unbranched alkanes of at least 4 members (excludes halogenated alkanes) is 1. The summed E-state index contributed by atoms with van der Waals surface area (Å²) in [6.07, 6.45) is 1.96. The zero-order valence-electron chi connectivity index (χ0n) is 9.03. The van der Waals surface area contributed by atoms with Crippen molar-refractivity contribution in [1.82, 2.24) is 10.2 Å². The number of aliphatic hydroxyl groups excluding tert-OH is 1. The Morgan fingerprint density at radius 3 is 2.53 bits per heavy atom. The minimum atomic E-state index is -0.848. The third kappa shape index (κ3) is 7.90. The molecule has 15 heavy (non-hydrogen) atoms. The maximum atomic E-state index is 11.2. The molecule has 4 N–H and O–H groups in total. The molecular weight excluding hydrogens is 198 g/mol. The molecule has 0 rings (SSSR count). The average molecular weight is 217 g/mol. The molecule has 0 aromatic rings. The van der Waals surface area contributed by atoms with Gasteiger partial charge in [-0.3, -0.25) is 15.0 Å². The molecule has 0 aliphatic carbocycles. The van der Waals surface area contributed by atoms with Gasteiger partial charge in [0.15, 0.2) is 0 Å². The zero-order valence-corrected chi connectivity index (χ0v) is 9.03. The van der Waals surface area contributed by atoms with E-state index in [1.807, 2.05) is 12.2 Å². The number of urea groups is 1. The molecule has 0 unspecified atom stereocenters. The first-order valence-corrected chi connectivity index (χ1v) is 5.02. The fourth-order valence-electron chi connectivity index (χ4n) is 1.17. The van der Waals surface area contributed by atoms with Gasteiger partial charge in [0.25, 0.3) is 0 Å². The summed E-state index contributed by atoms with van der Waals surface area (Å²) in [7, 11) is 0. The summed E-state index contributed by atoms with van der Waals surface area (Å²) < 4.78 is 0. The van der Waals surface area contributed by atoms with E-state index >= 15 is 0 Å². The van der Waals surface area contributed by atoms with Gasteiger partial charge in [-0.15, -0.1) is 0 Å². The largest absolute Gasteiger partial charge is 0.395 e. The van der Waals surface area contributed by atoms with Gasteiger partial charge in [0.05, 0.1) is 13.2 Å². The van der Waals surface area contributed by atoms with Gasteiger partial charge in [-0.2, -0.15) is 0 Å². The Balaban J connectivity index is 3.91. The molecule has 0 aliphatic rings. The van der Waals surface area contributed by atoms with Crippen LogP contribution in [-0.2, 0) is 4.79 Å². The maximum Gasteiger partial charge on any atom is 0.318 e. The fourth-order valence-corrected chi connectivity index (χ4v) is 1.17. The number of aliphatic hydroxyl groups is 1. The molecule has 3 amide bonds. The van der Waals surface area contributed by atoms with E-state index in [0.29, 0.717) is 6.54 Å². The van der Waals surface area contributed by atoms with E-state index < -0.39 is 11.9 Å². The van der Waals surface area contributed by atoms with Crippen LogP contribution in [0.4, 0.5) is 4.79 Å². The summed E-state index contributed by atoms with van der Waals surface area (Å²) in [5.41, 5.74) is 4.80. The van der Waals surface area contributed by atoms with Gasteiger partial charge in [-0.1, -0.05) is 13.3 Å². The van der Waals surface area contributed by atoms with Crippen LogP contribution in [-0.4, -0.2) is 48.2 Å². The van der Waals surface area contributed by atoms with Crippen LogP contribution in [0, 0.1) is 0 Å². The Labute approximate surface area is 89.4 Å². The second-order valence-electron chi connectivity index (χ2n) is 3.27. The monoisotopic (exact) mass is 217 g/mol. The molecule has 6 nitrogen and oxygen atoms in total. The van der Waals surface area contributed by atoms with Crippen molar-refractivity contribution in [3.8, 4) is 0 Å². The lowest BCUT2D eigenvalue weighted by molar-refractivity contribution is -0.121. The molecule has 6 heteroatoms. The molecule has 0 aromatic heterocycles. The first-order chi connectivity index (χ1) is 7.10. The van der Waals surface area contributed by atoms with Crippen molar-refractivity contribution in [2.24, 2.45) is 5.73 Å². The third-order valence-corrected chi connectivity index (χ3v) is 1.87. The molecular formula is C9H19N3O3. The number of rotatable bonds is 7. The lowest BCUT2D eigenvalue weighted by Crippen LogP contribution is -2.43. The number of amides is 3. The molecule has 0 aromatic carbocycles. The Bertz CT molecular complexity index is 209. The molecule has 0 fully saturated rings. The molecule has 88 valence electrons. The van der Waals surface area contributed by atoms with Crippen LogP contribution in [0.1, 0.15) is 19.8 Å². The summed E-state index contributed by atoms with van der Waals surface area (Å²) in [5.74, 6) is -0.438. The van der Waals surface area contributed by atoms with Crippen molar-refractivity contribution in [2.75, 3.05) is 26.2 Å². The Kier molecular flexibility index (Phi) is 7.57. The summed E-state index contributed by atoms with van der Waals surface area (Å²) in [5, 5.41) is 10.8. The minimum absolute atomic E-state index is 0.00638. The molecule has 0 spiro atoms. The fraction of sp³-hybridized carbons (Fsp3) is 0.778. The van der Waals surface area contributed by atoms with Gasteiger partial charge in [-0.25, -0.2) is 4.79 Å². The van der Waals surface area contributed by atoms with Gasteiger partial charge < -0.3 is 10.8 Å². The van der Waals surface area contributed by atoms with E-state index in [4.69, 9.17) is 10.8 Å². The number of hydrogen-bond donors (Lipinski definition) is 3. The molecule has 0 atom stereocenters. The van der Waals surface area contributed by atoms with E-state index in [0.717, 1.165) is 19.4 Å². The standard InChI is InChI=1S/C9H19N3O3/c1-2-3-4-12(5-6-13)7-8(14)11-9(10)15/h13H,2-7H2,1H3,(H3,10,11,14,15). The van der Waals surface area contributed by atoms with Gasteiger partial charge in [0, 0.05) is 6.54 Å². The number of nitrogens with two attached hydrogens (primary N) is 1. The van der Waals surface area contributed by atoms with Crippen molar-refractivity contribution < 1.29 is 14.7 Å². The number of nitrogens with one attached hydrogen (secondary N) is 1. The highest BCUT2D eigenvalue weighted by molar-refractivity contribution is 5.94. The topological polar surface area (TPSA) is 95.7 Å². The van der Waals surface area contributed by atoms with Crippen LogP contribution in [0.15, 0.2) is 0 Å². The summed E-state index contributed by atoms with van der Waals surface area (Å²) >= 11 is 0. The number of carbonyl (C=O) groups is 2. The van der Waals surface area contributed by atoms with Crippen LogP contribution >= 0.6 is 0 Å². The predicted molar refractivity (Wildman–Crippen MR) is 56.2 cm³/mol. The van der Waals surface area contributed by atoms with Crippen molar-refractivity contribution in [1.29, 1.82) is 0 Å². The molecule has 0 radical (unpaired) electrons. The Morgan fingerprint density at radius 2 is 2.07 bits per heavy atom. The second kappa shape index (κ2) is 8.19. The summed E-state index contributed by atoms with van der Waals surface area (Å²) in [4.78, 5) is 23.3. The van der Waals surface area contributed by atoms with E-state index in [-0.39, 0.29) is 13.2 Å². The van der Waals surface area contributed by atoms with E-state index in [9.17, 15) is 9.59 Å². The summed E-state index contributed by atoms with van der Waals surface area (Å²) in [6, 6.07) is -0.848. The van der Waals surface area contributed by atoms with Crippen LogP contribution in [0.25, 0.3) is 0 Å². The molecule has 0 saturated carbocycles. The van der Waals surface area contributed by atoms with Gasteiger partial charge >= 0.3 is 6.03 Å². The lowest BCUT2D eigenvalue weighted by atomic mass is 10.3. The highest BCUT2D eigenvalue weighted by Crippen LogP contribution is 1.94. The number of nitrogens with zero attached hydrogens (tertiary/aromatic N) is 1. The number of imide groups is 1. The number of carbonyl (C=O) groups excluding carboxylic acids is 2. The molecule has 0 saturated heterocycles. The molecule has 0 heterocycles. The third-order valence-electron chi connectivity index (χ3n) is 1.87. The SMILES string of the molecule is CCCCN(CCO)CC(=O)NC(N)=O. The van der Waals surface area contributed by atoms with E-state index in [1.165, 1.54) is 0 Å². The van der Waals surface area contributed by atoms with Crippen molar-refractivity contribution in [2.45, 2.75) is 19.8 Å². The molecule has 0 bridgehead atoms. The smallest absolute Gasteiger partial charge is 0.318 e. The molecule has 0 aliphatic heterocycles. The Morgan fingerprint density at radius 1 is 1.40 bits per heavy atom. The summed E-state index contributed by atoms with van der Waals surface area (Å²) in [6.45, 7) is 3.27. The van der Waals surface area contributed by atoms with Crippen molar-refractivity contribution in [3.05, 3.63) is 0 Å². The van der Waals surface area contributed by atoms with Crippen LogP contribution < -0.4 is 11.1 Å². The first-order valence-electron chi connectivity index (χ1n) is 5.02. The maximum absolute atomic E-state index is 11.2. The normalized spacial score (nSPS) is 10.3. The Hall–Kier alpha value is -1.14. The quantitative estimate of drug-likeness (QED) is 0.524. The highest BCUT2D eigenvalue weighted by atomic mass is 16.3. The van der Waals surface area contributed by atoms with Gasteiger partial charge in [0.2, 0.25) is 5.91 Å².